The van der Waals surface area contributed by atoms with Crippen LogP contribution in [-0.2, 0) is 26.2 Å². The number of nitrogens with zero attached hydrogens (tertiary/aromatic N) is 4. The molecule has 4 aliphatic carbocycles. The molecule has 39 heavy (non-hydrogen) atoms. The van der Waals surface area contributed by atoms with Crippen molar-refractivity contribution in [3.63, 3.8) is 0 Å². The van der Waals surface area contributed by atoms with Crippen molar-refractivity contribution in [1.29, 1.82) is 0 Å². The number of aromatic nitrogens is 4. The molecule has 0 aromatic carbocycles. The van der Waals surface area contributed by atoms with Crippen LogP contribution < -0.4 is 24.8 Å². The van der Waals surface area contributed by atoms with Crippen LogP contribution in [0.5, 0.6) is 0 Å². The molecule has 0 spiro atoms. The fourth-order valence-corrected chi connectivity index (χ4v) is 6.51. The monoisotopic (exact) mass is 704 g/mol. The van der Waals surface area contributed by atoms with Crippen LogP contribution in [0.25, 0.3) is 11.1 Å². The van der Waals surface area contributed by atoms with Gasteiger partial charge in [-0.15, -0.1) is 47.0 Å². The van der Waals surface area contributed by atoms with Gasteiger partial charge in [-0.25, -0.2) is 19.9 Å². The van der Waals surface area contributed by atoms with Gasteiger partial charge in [-0.2, -0.15) is 0 Å². The molecular formula is C28H24Cl2N4S4Zr. The topological polar surface area (TPSA) is 51.6 Å². The van der Waals surface area contributed by atoms with Crippen LogP contribution in [0.3, 0.4) is 0 Å². The first-order valence-corrected chi connectivity index (χ1v) is 16.0. The molecule has 0 fully saturated rings. The number of fused-ring (bicyclic) bond motifs is 2. The summed E-state index contributed by atoms with van der Waals surface area (Å²) in [6.45, 7) is 0. The maximum atomic E-state index is 4.11. The zero-order valence-corrected chi connectivity index (χ0v) is 28.8. The van der Waals surface area contributed by atoms with E-state index in [-0.39, 0.29) is 51.0 Å². The Labute approximate surface area is 278 Å². The number of thioether (sulfide) groups is 4. The number of hydrogen-bond acceptors (Lipinski definition) is 8. The SMILES string of the molecule is CSC1=CC2=C(c3cncnc3)C=C(SC)C2=C1.CSC1=CC2=C(c3cncnc3)C=C(SC)C2=C1.[Cl-].[Cl-].[Zr+2]. The van der Waals surface area contributed by atoms with Crippen LogP contribution in [0, 0.1) is 0 Å². The van der Waals surface area contributed by atoms with Crippen LogP contribution >= 0.6 is 47.0 Å². The van der Waals surface area contributed by atoms with Crippen LogP contribution in [0.15, 0.2) is 116 Å². The van der Waals surface area contributed by atoms with Crippen molar-refractivity contribution in [2.24, 2.45) is 0 Å². The van der Waals surface area contributed by atoms with E-state index in [1.54, 1.807) is 59.7 Å². The maximum Gasteiger partial charge on any atom is 2.00 e. The molecular weight excluding hydrogens is 683 g/mol. The van der Waals surface area contributed by atoms with Crippen molar-refractivity contribution >= 4 is 58.2 Å². The van der Waals surface area contributed by atoms with Crippen LogP contribution in [-0.4, -0.2) is 45.0 Å². The minimum absolute atomic E-state index is 0. The standard InChI is InChI=1S/2C14H12N2S2.2ClH.Zr/c2*1-17-10-3-12-11(9-6-15-8-16-7-9)5-14(18-2)13(12)4-10;;;/h2*3-8H,1-2H3;2*1H;/q;;;;+2/p-2. The molecule has 11 heteroatoms. The summed E-state index contributed by atoms with van der Waals surface area (Å²) in [6, 6.07) is 0. The first kappa shape index (κ1) is 34.1. The van der Waals surface area contributed by atoms with E-state index < -0.39 is 0 Å². The van der Waals surface area contributed by atoms with Gasteiger partial charge in [-0.05, 0) is 94.9 Å². The Morgan fingerprint density at radius 3 is 1.13 bits per heavy atom. The first-order chi connectivity index (χ1) is 17.7. The molecule has 0 unspecified atom stereocenters. The molecule has 4 nitrogen and oxygen atoms in total. The van der Waals surface area contributed by atoms with E-state index in [1.807, 2.05) is 24.8 Å². The molecule has 4 aliphatic rings. The molecule has 0 atom stereocenters. The second-order valence-corrected chi connectivity index (χ2v) is 11.4. The molecule has 2 aromatic rings. The Kier molecular flexibility index (Phi) is 13.8. The van der Waals surface area contributed by atoms with Gasteiger partial charge in [0.1, 0.15) is 12.7 Å². The average molecular weight is 707 g/mol. The van der Waals surface area contributed by atoms with Gasteiger partial charge in [0.05, 0.1) is 0 Å². The normalized spacial score (nSPS) is 16.2. The van der Waals surface area contributed by atoms with Crippen LogP contribution in [0.2, 0.25) is 0 Å². The minimum atomic E-state index is 0. The van der Waals surface area contributed by atoms with E-state index in [1.165, 1.54) is 53.1 Å². The van der Waals surface area contributed by atoms with Crippen molar-refractivity contribution in [3.05, 3.63) is 127 Å². The summed E-state index contributed by atoms with van der Waals surface area (Å²) in [5, 5.41) is 0. The van der Waals surface area contributed by atoms with E-state index in [9.17, 15) is 0 Å². The second kappa shape index (κ2) is 15.8. The summed E-state index contributed by atoms with van der Waals surface area (Å²) in [5.74, 6) is 0. The van der Waals surface area contributed by atoms with E-state index in [4.69, 9.17) is 0 Å². The van der Waals surface area contributed by atoms with Crippen molar-refractivity contribution in [1.82, 2.24) is 19.9 Å². The minimum Gasteiger partial charge on any atom is -1.00 e. The van der Waals surface area contributed by atoms with Gasteiger partial charge in [0.25, 0.3) is 0 Å². The Balaban J connectivity index is 0.000000254. The van der Waals surface area contributed by atoms with Gasteiger partial charge in [0.2, 0.25) is 0 Å². The fourth-order valence-electron chi connectivity index (χ4n) is 4.32. The molecule has 0 aliphatic heterocycles. The molecule has 198 valence electrons. The van der Waals surface area contributed by atoms with Crippen LogP contribution in [0.4, 0.5) is 0 Å². The van der Waals surface area contributed by atoms with Gasteiger partial charge in [0, 0.05) is 55.5 Å². The Bertz CT molecular complexity index is 1350. The van der Waals surface area contributed by atoms with Gasteiger partial charge < -0.3 is 24.8 Å². The first-order valence-electron chi connectivity index (χ1n) is 11.1. The number of rotatable bonds is 6. The molecule has 0 saturated carbocycles. The fraction of sp³-hybridized carbons (Fsp3) is 0.143. The number of hydrogen-bond donors (Lipinski definition) is 0. The Morgan fingerprint density at radius 2 is 0.821 bits per heavy atom. The molecule has 0 N–H and O–H groups in total. The summed E-state index contributed by atoms with van der Waals surface area (Å²) in [4.78, 5) is 21.7. The molecule has 0 radical (unpaired) electrons. The predicted molar refractivity (Wildman–Crippen MR) is 160 cm³/mol. The van der Waals surface area contributed by atoms with E-state index in [0.717, 1.165) is 11.1 Å². The summed E-state index contributed by atoms with van der Waals surface area (Å²) in [7, 11) is 0. The largest absolute Gasteiger partial charge is 2.00 e. The molecule has 0 bridgehead atoms. The van der Waals surface area contributed by atoms with E-state index >= 15 is 0 Å². The summed E-state index contributed by atoms with van der Waals surface area (Å²) in [6.07, 6.45) is 32.6. The van der Waals surface area contributed by atoms with Crippen molar-refractivity contribution in [2.75, 3.05) is 25.0 Å². The van der Waals surface area contributed by atoms with Crippen molar-refractivity contribution < 1.29 is 51.0 Å². The molecule has 0 amide bonds. The van der Waals surface area contributed by atoms with Crippen molar-refractivity contribution in [2.45, 2.75) is 0 Å². The Hall–Kier alpha value is -1.06. The molecule has 6 rings (SSSR count). The zero-order chi connectivity index (χ0) is 25.1. The zero-order valence-electron chi connectivity index (χ0n) is 21.6. The summed E-state index contributed by atoms with van der Waals surface area (Å²) < 4.78 is 0. The number of halogens is 2. The third kappa shape index (κ3) is 7.24. The third-order valence-corrected chi connectivity index (χ3v) is 9.01. The quantitative estimate of drug-likeness (QED) is 0.447. The number of allylic oxidation sites excluding steroid dienone is 12. The van der Waals surface area contributed by atoms with Gasteiger partial charge in [-0.1, -0.05) is 0 Å². The Morgan fingerprint density at radius 1 is 0.462 bits per heavy atom. The molecule has 2 heterocycles. The van der Waals surface area contributed by atoms with Gasteiger partial charge >= 0.3 is 26.2 Å². The van der Waals surface area contributed by atoms with Gasteiger partial charge in [-0.3, -0.25) is 0 Å². The summed E-state index contributed by atoms with van der Waals surface area (Å²) >= 11 is 7.14. The van der Waals surface area contributed by atoms with E-state index in [2.05, 4.69) is 81.4 Å². The second-order valence-electron chi connectivity index (χ2n) is 7.95. The predicted octanol–water partition coefficient (Wildman–Crippen LogP) is 1.36. The maximum absolute atomic E-state index is 4.11. The van der Waals surface area contributed by atoms with E-state index in [0.29, 0.717) is 0 Å². The molecule has 2 aromatic heterocycles. The summed E-state index contributed by atoms with van der Waals surface area (Å²) in [5.41, 5.74) is 9.92. The average Bonchev–Trinajstić information content (AvgIpc) is 3.69. The van der Waals surface area contributed by atoms with Crippen LogP contribution in [0.1, 0.15) is 11.1 Å². The smallest absolute Gasteiger partial charge is 1.00 e. The van der Waals surface area contributed by atoms with Gasteiger partial charge in [0.15, 0.2) is 0 Å². The van der Waals surface area contributed by atoms with Crippen molar-refractivity contribution in [3.8, 4) is 0 Å². The molecule has 0 saturated heterocycles. The third-order valence-electron chi connectivity index (χ3n) is 6.04.